The van der Waals surface area contributed by atoms with Crippen molar-refractivity contribution in [1.29, 1.82) is 0 Å². The van der Waals surface area contributed by atoms with Crippen LogP contribution < -0.4 is 4.74 Å². The smallest absolute Gasteiger partial charge is 0.320 e. The van der Waals surface area contributed by atoms with Crippen LogP contribution in [0.25, 0.3) is 0 Å². The van der Waals surface area contributed by atoms with E-state index in [2.05, 4.69) is 0 Å². The Morgan fingerprint density at radius 2 is 2.00 bits per heavy atom. The van der Waals surface area contributed by atoms with Crippen LogP contribution >= 0.6 is 11.6 Å². The van der Waals surface area contributed by atoms with Gasteiger partial charge in [0.25, 0.3) is 0 Å². The van der Waals surface area contributed by atoms with Gasteiger partial charge in [-0.15, -0.1) is 0 Å². The third kappa shape index (κ3) is 7.03. The van der Waals surface area contributed by atoms with Crippen LogP contribution in [-0.2, 0) is 9.53 Å². The fourth-order valence-corrected chi connectivity index (χ4v) is 1.69. The highest BCUT2D eigenvalue weighted by atomic mass is 35.5. The van der Waals surface area contributed by atoms with Crippen molar-refractivity contribution < 1.29 is 14.3 Å². The number of benzene rings is 1. The summed E-state index contributed by atoms with van der Waals surface area (Å²) in [5.74, 6) is 0.612. The molecular formula is C14H20ClNO3. The maximum atomic E-state index is 11.2. The Hall–Kier alpha value is -1.26. The van der Waals surface area contributed by atoms with E-state index in [1.807, 2.05) is 24.1 Å². The standard InChI is InChI=1S/C14H20ClNO3/c1-3-18-14(17)11-16(2)9-4-10-19-13-7-5-12(15)6-8-13/h5-8H,3-4,9-11H2,1-2H3. The van der Waals surface area contributed by atoms with Crippen molar-refractivity contribution in [3.63, 3.8) is 0 Å². The van der Waals surface area contributed by atoms with E-state index in [-0.39, 0.29) is 5.97 Å². The van der Waals surface area contributed by atoms with Crippen LogP contribution in [0.3, 0.4) is 0 Å². The molecular weight excluding hydrogens is 266 g/mol. The Bertz CT molecular complexity index is 381. The normalized spacial score (nSPS) is 10.5. The fraction of sp³-hybridized carbons (Fsp3) is 0.500. The minimum atomic E-state index is -0.191. The number of nitrogens with zero attached hydrogens (tertiary/aromatic N) is 1. The highest BCUT2D eigenvalue weighted by Crippen LogP contribution is 2.15. The number of ether oxygens (including phenoxy) is 2. The van der Waals surface area contributed by atoms with Gasteiger partial charge in [0.15, 0.2) is 0 Å². The number of rotatable bonds is 8. The average molecular weight is 286 g/mol. The summed E-state index contributed by atoms with van der Waals surface area (Å²) in [6.07, 6.45) is 0.846. The van der Waals surface area contributed by atoms with Crippen molar-refractivity contribution in [3.05, 3.63) is 29.3 Å². The van der Waals surface area contributed by atoms with Crippen LogP contribution in [0.4, 0.5) is 0 Å². The monoisotopic (exact) mass is 285 g/mol. The summed E-state index contributed by atoms with van der Waals surface area (Å²) in [4.78, 5) is 13.2. The van der Waals surface area contributed by atoms with Gasteiger partial charge in [0.2, 0.25) is 0 Å². The lowest BCUT2D eigenvalue weighted by atomic mass is 10.3. The first kappa shape index (κ1) is 15.8. The van der Waals surface area contributed by atoms with E-state index in [4.69, 9.17) is 21.1 Å². The molecule has 0 radical (unpaired) electrons. The Morgan fingerprint density at radius 1 is 1.32 bits per heavy atom. The van der Waals surface area contributed by atoms with Crippen LogP contribution in [0.15, 0.2) is 24.3 Å². The summed E-state index contributed by atoms with van der Waals surface area (Å²) in [5.41, 5.74) is 0. The van der Waals surface area contributed by atoms with Gasteiger partial charge in [-0.1, -0.05) is 11.6 Å². The lowest BCUT2D eigenvalue weighted by molar-refractivity contribution is -0.144. The highest BCUT2D eigenvalue weighted by molar-refractivity contribution is 6.30. The predicted octanol–water partition coefficient (Wildman–Crippen LogP) is 2.60. The van der Waals surface area contributed by atoms with Crippen molar-refractivity contribution in [1.82, 2.24) is 4.90 Å². The summed E-state index contributed by atoms with van der Waals surface area (Å²) in [7, 11) is 1.89. The zero-order chi connectivity index (χ0) is 14.1. The lowest BCUT2D eigenvalue weighted by Crippen LogP contribution is -2.29. The highest BCUT2D eigenvalue weighted by Gasteiger charge is 2.06. The zero-order valence-corrected chi connectivity index (χ0v) is 12.2. The molecule has 0 unspecified atom stereocenters. The summed E-state index contributed by atoms with van der Waals surface area (Å²) in [6.45, 7) is 3.93. The number of hydrogen-bond acceptors (Lipinski definition) is 4. The molecule has 1 aromatic rings. The SMILES string of the molecule is CCOC(=O)CN(C)CCCOc1ccc(Cl)cc1. The van der Waals surface area contributed by atoms with E-state index < -0.39 is 0 Å². The number of carbonyl (C=O) groups excluding carboxylic acids is 1. The summed E-state index contributed by atoms with van der Waals surface area (Å²) < 4.78 is 10.4. The molecule has 0 aromatic heterocycles. The predicted molar refractivity (Wildman–Crippen MR) is 75.7 cm³/mol. The lowest BCUT2D eigenvalue weighted by Gasteiger charge is -2.15. The second-order valence-corrected chi connectivity index (χ2v) is 4.64. The van der Waals surface area contributed by atoms with E-state index >= 15 is 0 Å². The Labute approximate surface area is 119 Å². The van der Waals surface area contributed by atoms with Gasteiger partial charge in [-0.2, -0.15) is 0 Å². The molecule has 0 N–H and O–H groups in total. The molecule has 19 heavy (non-hydrogen) atoms. The Morgan fingerprint density at radius 3 is 2.63 bits per heavy atom. The largest absolute Gasteiger partial charge is 0.494 e. The molecule has 0 bridgehead atoms. The topological polar surface area (TPSA) is 38.8 Å². The first-order valence-corrected chi connectivity index (χ1v) is 6.72. The molecule has 1 aromatic carbocycles. The first-order valence-electron chi connectivity index (χ1n) is 6.34. The minimum Gasteiger partial charge on any atom is -0.494 e. The van der Waals surface area contributed by atoms with Gasteiger partial charge in [-0.05, 0) is 44.7 Å². The van der Waals surface area contributed by atoms with Gasteiger partial charge in [0.05, 0.1) is 19.8 Å². The van der Waals surface area contributed by atoms with Crippen molar-refractivity contribution >= 4 is 17.6 Å². The zero-order valence-electron chi connectivity index (χ0n) is 11.4. The molecule has 0 saturated carbocycles. The first-order chi connectivity index (χ1) is 9.11. The number of halogens is 1. The van der Waals surface area contributed by atoms with Crippen LogP contribution in [0.1, 0.15) is 13.3 Å². The molecule has 106 valence electrons. The average Bonchev–Trinajstić information content (AvgIpc) is 2.37. The molecule has 0 fully saturated rings. The van der Waals surface area contributed by atoms with E-state index in [0.29, 0.717) is 24.8 Å². The van der Waals surface area contributed by atoms with Gasteiger partial charge in [0.1, 0.15) is 5.75 Å². The van der Waals surface area contributed by atoms with E-state index in [0.717, 1.165) is 18.7 Å². The third-order valence-corrected chi connectivity index (χ3v) is 2.72. The van der Waals surface area contributed by atoms with Crippen molar-refractivity contribution in [2.24, 2.45) is 0 Å². The van der Waals surface area contributed by atoms with E-state index in [1.54, 1.807) is 19.1 Å². The molecule has 5 heteroatoms. The summed E-state index contributed by atoms with van der Waals surface area (Å²) >= 11 is 5.78. The molecule has 0 spiro atoms. The Balaban J connectivity index is 2.13. The van der Waals surface area contributed by atoms with Crippen LogP contribution in [-0.4, -0.2) is 44.2 Å². The van der Waals surface area contributed by atoms with E-state index in [1.165, 1.54) is 0 Å². The molecule has 0 amide bonds. The maximum Gasteiger partial charge on any atom is 0.320 e. The number of esters is 1. The van der Waals surface area contributed by atoms with Crippen molar-refractivity contribution in [2.75, 3.05) is 33.4 Å². The van der Waals surface area contributed by atoms with Gasteiger partial charge in [-0.25, -0.2) is 0 Å². The molecule has 1 rings (SSSR count). The minimum absolute atomic E-state index is 0.191. The van der Waals surface area contributed by atoms with Gasteiger partial charge in [-0.3, -0.25) is 9.69 Å². The van der Waals surface area contributed by atoms with Crippen LogP contribution in [0.5, 0.6) is 5.75 Å². The molecule has 0 aliphatic rings. The summed E-state index contributed by atoms with van der Waals surface area (Å²) in [5, 5.41) is 0.696. The summed E-state index contributed by atoms with van der Waals surface area (Å²) in [6, 6.07) is 7.27. The molecule has 0 aliphatic carbocycles. The second kappa shape index (κ2) is 8.77. The van der Waals surface area contributed by atoms with E-state index in [9.17, 15) is 4.79 Å². The third-order valence-electron chi connectivity index (χ3n) is 2.47. The Kier molecular flexibility index (Phi) is 7.30. The molecule has 0 atom stereocenters. The molecule has 4 nitrogen and oxygen atoms in total. The molecule has 0 aliphatic heterocycles. The number of likely N-dealkylation sites (N-methyl/N-ethyl adjacent to an activating group) is 1. The maximum absolute atomic E-state index is 11.2. The number of hydrogen-bond donors (Lipinski definition) is 0. The fourth-order valence-electron chi connectivity index (χ4n) is 1.56. The van der Waals surface area contributed by atoms with Gasteiger partial charge < -0.3 is 9.47 Å². The number of carbonyl (C=O) groups is 1. The van der Waals surface area contributed by atoms with Crippen molar-refractivity contribution in [2.45, 2.75) is 13.3 Å². The quantitative estimate of drug-likeness (QED) is 0.544. The second-order valence-electron chi connectivity index (χ2n) is 4.20. The van der Waals surface area contributed by atoms with Gasteiger partial charge in [0, 0.05) is 11.6 Å². The van der Waals surface area contributed by atoms with Gasteiger partial charge >= 0.3 is 5.97 Å². The van der Waals surface area contributed by atoms with Crippen LogP contribution in [0, 0.1) is 0 Å². The van der Waals surface area contributed by atoms with Crippen LogP contribution in [0.2, 0.25) is 5.02 Å². The molecule has 0 saturated heterocycles. The molecule has 0 heterocycles. The van der Waals surface area contributed by atoms with Crippen molar-refractivity contribution in [3.8, 4) is 5.75 Å².